The lowest BCUT2D eigenvalue weighted by Gasteiger charge is -2.24. The van der Waals surface area contributed by atoms with Crippen LogP contribution in [-0.2, 0) is 0 Å². The molecule has 4 heteroatoms. The summed E-state index contributed by atoms with van der Waals surface area (Å²) < 4.78 is 0. The summed E-state index contributed by atoms with van der Waals surface area (Å²) in [5.74, 6) is 0.0388. The van der Waals surface area contributed by atoms with Crippen LogP contribution in [0, 0.1) is 0 Å². The Balaban J connectivity index is 2.32. The van der Waals surface area contributed by atoms with Gasteiger partial charge in [-0.1, -0.05) is 6.92 Å². The number of carbonyl (C=O) groups is 1. The van der Waals surface area contributed by atoms with Gasteiger partial charge in [-0.3, -0.25) is 4.79 Å². The van der Waals surface area contributed by atoms with Crippen molar-refractivity contribution in [3.05, 3.63) is 17.0 Å². The fraction of sp³-hybridized carbons (Fsp3) is 0.375. The van der Waals surface area contributed by atoms with Crippen molar-refractivity contribution in [3.63, 3.8) is 0 Å². The molecule has 2 heterocycles. The van der Waals surface area contributed by atoms with E-state index in [1.54, 1.807) is 11.3 Å². The normalized spacial score (nSPS) is 21.1. The van der Waals surface area contributed by atoms with Gasteiger partial charge in [-0.05, 0) is 17.9 Å². The van der Waals surface area contributed by atoms with Crippen molar-refractivity contribution in [2.45, 2.75) is 19.5 Å². The summed E-state index contributed by atoms with van der Waals surface area (Å²) in [6, 6.07) is 1.84. The van der Waals surface area contributed by atoms with Crippen LogP contribution in [0.1, 0.15) is 23.7 Å². The molecule has 1 aliphatic rings. The second-order valence-electron chi connectivity index (χ2n) is 2.74. The SMILES string of the molecule is CCC1NC(=O)c2ccsc2N1. The molecule has 1 aromatic heterocycles. The van der Waals surface area contributed by atoms with E-state index in [4.69, 9.17) is 0 Å². The molecule has 64 valence electrons. The summed E-state index contributed by atoms with van der Waals surface area (Å²) in [6.45, 7) is 2.04. The number of rotatable bonds is 1. The zero-order chi connectivity index (χ0) is 8.55. The number of thiophene rings is 1. The van der Waals surface area contributed by atoms with E-state index in [2.05, 4.69) is 10.6 Å². The summed E-state index contributed by atoms with van der Waals surface area (Å²) in [5, 5.41) is 9.03. The van der Waals surface area contributed by atoms with Crippen molar-refractivity contribution >= 4 is 22.2 Å². The van der Waals surface area contributed by atoms with Gasteiger partial charge in [0.2, 0.25) is 0 Å². The third-order valence-electron chi connectivity index (χ3n) is 1.93. The van der Waals surface area contributed by atoms with Gasteiger partial charge in [0.1, 0.15) is 5.00 Å². The third-order valence-corrected chi connectivity index (χ3v) is 2.77. The Hall–Kier alpha value is -1.03. The van der Waals surface area contributed by atoms with Crippen LogP contribution in [-0.4, -0.2) is 12.1 Å². The summed E-state index contributed by atoms with van der Waals surface area (Å²) in [4.78, 5) is 11.4. The highest BCUT2D eigenvalue weighted by atomic mass is 32.1. The first-order valence-electron chi connectivity index (χ1n) is 3.96. The van der Waals surface area contributed by atoms with E-state index in [0.29, 0.717) is 0 Å². The first-order chi connectivity index (χ1) is 5.81. The minimum atomic E-state index is 0.0388. The van der Waals surface area contributed by atoms with Crippen molar-refractivity contribution in [1.82, 2.24) is 5.32 Å². The largest absolute Gasteiger partial charge is 0.356 e. The molecule has 0 aromatic carbocycles. The van der Waals surface area contributed by atoms with Crippen LogP contribution in [0.15, 0.2) is 11.4 Å². The van der Waals surface area contributed by atoms with Gasteiger partial charge in [0.25, 0.3) is 5.91 Å². The summed E-state index contributed by atoms with van der Waals surface area (Å²) in [6.07, 6.45) is 1.01. The number of nitrogens with one attached hydrogen (secondary N) is 2. The second kappa shape index (κ2) is 2.79. The van der Waals surface area contributed by atoms with Crippen LogP contribution in [0.25, 0.3) is 0 Å². The van der Waals surface area contributed by atoms with E-state index < -0.39 is 0 Å². The van der Waals surface area contributed by atoms with Gasteiger partial charge in [0, 0.05) is 0 Å². The molecule has 1 amide bonds. The zero-order valence-corrected chi connectivity index (χ0v) is 7.57. The highest BCUT2D eigenvalue weighted by Crippen LogP contribution is 2.26. The van der Waals surface area contributed by atoms with Gasteiger partial charge in [-0.25, -0.2) is 0 Å². The molecule has 12 heavy (non-hydrogen) atoms. The van der Waals surface area contributed by atoms with Gasteiger partial charge >= 0.3 is 0 Å². The molecule has 1 unspecified atom stereocenters. The molecule has 3 nitrogen and oxygen atoms in total. The van der Waals surface area contributed by atoms with Crippen LogP contribution >= 0.6 is 11.3 Å². The highest BCUT2D eigenvalue weighted by molar-refractivity contribution is 7.14. The fourth-order valence-electron chi connectivity index (χ4n) is 1.23. The van der Waals surface area contributed by atoms with Crippen LogP contribution < -0.4 is 10.6 Å². The summed E-state index contributed by atoms with van der Waals surface area (Å²) >= 11 is 1.58. The summed E-state index contributed by atoms with van der Waals surface area (Å²) in [7, 11) is 0. The van der Waals surface area contributed by atoms with Gasteiger partial charge < -0.3 is 10.6 Å². The van der Waals surface area contributed by atoms with Crippen LogP contribution in [0.2, 0.25) is 0 Å². The number of anilines is 1. The smallest absolute Gasteiger partial charge is 0.255 e. The predicted octanol–water partition coefficient (Wildman–Crippen LogP) is 1.64. The van der Waals surface area contributed by atoms with Crippen molar-refractivity contribution < 1.29 is 4.79 Å². The Morgan fingerprint density at radius 1 is 1.58 bits per heavy atom. The maximum absolute atomic E-state index is 11.4. The Labute approximate surface area is 74.8 Å². The average molecular weight is 182 g/mol. The van der Waals surface area contributed by atoms with E-state index in [9.17, 15) is 4.79 Å². The molecule has 0 saturated carbocycles. The molecule has 0 radical (unpaired) electrons. The number of amides is 1. The topological polar surface area (TPSA) is 41.1 Å². The van der Waals surface area contributed by atoms with Gasteiger partial charge in [-0.2, -0.15) is 0 Å². The van der Waals surface area contributed by atoms with Gasteiger partial charge in [0.05, 0.1) is 11.7 Å². The molecule has 0 fully saturated rings. The van der Waals surface area contributed by atoms with Crippen LogP contribution in [0.5, 0.6) is 0 Å². The molecular formula is C8H10N2OS. The van der Waals surface area contributed by atoms with E-state index in [0.717, 1.165) is 17.0 Å². The molecule has 2 N–H and O–H groups in total. The van der Waals surface area contributed by atoms with Gasteiger partial charge in [-0.15, -0.1) is 11.3 Å². The Bertz CT molecular complexity index is 308. The molecule has 0 saturated heterocycles. The first kappa shape index (κ1) is 7.61. The van der Waals surface area contributed by atoms with Crippen LogP contribution in [0.4, 0.5) is 5.00 Å². The molecular weight excluding hydrogens is 172 g/mol. The minimum absolute atomic E-state index is 0.0388. The first-order valence-corrected chi connectivity index (χ1v) is 4.84. The second-order valence-corrected chi connectivity index (χ2v) is 3.66. The minimum Gasteiger partial charge on any atom is -0.356 e. The number of hydrogen-bond donors (Lipinski definition) is 2. The van der Waals surface area contributed by atoms with E-state index in [-0.39, 0.29) is 12.1 Å². The lowest BCUT2D eigenvalue weighted by atomic mass is 10.2. The fourth-order valence-corrected chi connectivity index (χ4v) is 2.07. The molecule has 0 spiro atoms. The molecule has 0 bridgehead atoms. The Kier molecular flexibility index (Phi) is 1.77. The molecule has 1 aliphatic heterocycles. The monoisotopic (exact) mass is 182 g/mol. The third kappa shape index (κ3) is 1.08. The lowest BCUT2D eigenvalue weighted by Crippen LogP contribution is -2.43. The van der Waals surface area contributed by atoms with Crippen molar-refractivity contribution in [2.24, 2.45) is 0 Å². The van der Waals surface area contributed by atoms with E-state index in [1.807, 2.05) is 18.4 Å². The quantitative estimate of drug-likeness (QED) is 0.693. The van der Waals surface area contributed by atoms with Gasteiger partial charge in [0.15, 0.2) is 0 Å². The molecule has 0 aliphatic carbocycles. The van der Waals surface area contributed by atoms with Crippen LogP contribution in [0.3, 0.4) is 0 Å². The lowest BCUT2D eigenvalue weighted by molar-refractivity contribution is 0.0936. The number of carbonyl (C=O) groups excluding carboxylic acids is 1. The summed E-state index contributed by atoms with van der Waals surface area (Å²) in [5.41, 5.74) is 0.768. The maximum Gasteiger partial charge on any atom is 0.255 e. The van der Waals surface area contributed by atoms with Crippen molar-refractivity contribution in [2.75, 3.05) is 5.32 Å². The van der Waals surface area contributed by atoms with E-state index >= 15 is 0 Å². The van der Waals surface area contributed by atoms with Crippen molar-refractivity contribution in [3.8, 4) is 0 Å². The van der Waals surface area contributed by atoms with Crippen molar-refractivity contribution in [1.29, 1.82) is 0 Å². The number of fused-ring (bicyclic) bond motifs is 1. The highest BCUT2D eigenvalue weighted by Gasteiger charge is 2.22. The molecule has 2 rings (SSSR count). The predicted molar refractivity (Wildman–Crippen MR) is 49.5 cm³/mol. The van der Waals surface area contributed by atoms with E-state index in [1.165, 1.54) is 0 Å². The Morgan fingerprint density at radius 2 is 2.42 bits per heavy atom. The maximum atomic E-state index is 11.4. The Morgan fingerprint density at radius 3 is 3.17 bits per heavy atom. The standard InChI is InChI=1S/C8H10N2OS/c1-2-6-9-7(11)5-3-4-12-8(5)10-6/h3-4,6,10H,2H2,1H3,(H,9,11). The zero-order valence-electron chi connectivity index (χ0n) is 6.76. The molecule has 1 atom stereocenters. The average Bonchev–Trinajstić information content (AvgIpc) is 2.52. The number of hydrogen-bond acceptors (Lipinski definition) is 3. The molecule has 1 aromatic rings.